The first-order valence-electron chi connectivity index (χ1n) is 1.64. The van der Waals surface area contributed by atoms with Crippen LogP contribution < -0.4 is 0 Å². The molecule has 0 fully saturated rings. The zero-order valence-electron chi connectivity index (χ0n) is 3.81. The minimum absolute atomic E-state index is 0.0478. The molecule has 5 heteroatoms. The summed E-state index contributed by atoms with van der Waals surface area (Å²) in [7, 11) is -0.377. The fraction of sp³-hybridized carbons (Fsp3) is 1.00. The van der Waals surface area contributed by atoms with E-state index in [2.05, 4.69) is 0 Å². The molecule has 0 unspecified atom stereocenters. The first-order chi connectivity index (χ1) is 2.91. The minimum atomic E-state index is -0.329. The van der Waals surface area contributed by atoms with Gasteiger partial charge in [-0.15, -0.1) is 0 Å². The molecule has 0 amide bonds. The van der Waals surface area contributed by atoms with Gasteiger partial charge in [0.15, 0.2) is 0 Å². The Kier molecular flexibility index (Phi) is 28.7. The maximum absolute atomic E-state index is 9.44. The average Bonchev–Trinajstić information content (AvgIpc) is 1.72. The Bertz CT molecular complexity index is 32.7. The van der Waals surface area contributed by atoms with Crippen molar-refractivity contribution in [3.8, 4) is 0 Å². The fourth-order valence-electron chi connectivity index (χ4n) is 0. The van der Waals surface area contributed by atoms with Crippen molar-refractivity contribution in [2.75, 3.05) is 0 Å². The Balaban J connectivity index is 0. The van der Waals surface area contributed by atoms with Gasteiger partial charge in [-0.25, -0.2) is 0 Å². The standard InChI is InChI=1S/CH6OSi2.Al.O.H/c1-3-4-2;;;/h4H,3H2,1H3;;;. The maximum atomic E-state index is 9.44. The monoisotopic (exact) mass is 134 g/mol. The predicted molar refractivity (Wildman–Crippen MR) is 30.1 cm³/mol. The Morgan fingerprint density at radius 3 is 1.83 bits per heavy atom. The van der Waals surface area contributed by atoms with Gasteiger partial charge in [-0.3, -0.25) is 0 Å². The van der Waals surface area contributed by atoms with Gasteiger partial charge in [-0.2, -0.15) is 0 Å². The Morgan fingerprint density at radius 1 is 1.67 bits per heavy atom. The van der Waals surface area contributed by atoms with E-state index in [0.29, 0.717) is 16.2 Å². The summed E-state index contributed by atoms with van der Waals surface area (Å²) in [6.07, 6.45) is 0. The molecule has 0 aliphatic heterocycles. The number of hydrogen-bond acceptors (Lipinski definition) is 2. The van der Waals surface area contributed by atoms with Crippen LogP contribution in [0.4, 0.5) is 0 Å². The average molecular weight is 134 g/mol. The molecule has 0 atom stereocenters. The van der Waals surface area contributed by atoms with Gasteiger partial charge in [-0.05, 0) is 0 Å². The molecular formula is CH7AlO2Si2. The molecule has 0 aliphatic carbocycles. The van der Waals surface area contributed by atoms with Gasteiger partial charge in [0.2, 0.25) is 8.92 Å². The van der Waals surface area contributed by atoms with Gasteiger partial charge < -0.3 is 4.46 Å². The van der Waals surface area contributed by atoms with Crippen LogP contribution in [0, 0.1) is 0 Å². The van der Waals surface area contributed by atoms with Crippen molar-refractivity contribution >= 4 is 34.2 Å². The summed E-state index contributed by atoms with van der Waals surface area (Å²) in [5.74, 6) is 0. The topological polar surface area (TPSA) is 34.1 Å². The van der Waals surface area contributed by atoms with E-state index >= 15 is 0 Å². The van der Waals surface area contributed by atoms with Crippen LogP contribution in [0.1, 0.15) is 0 Å². The molecule has 0 bridgehead atoms. The van der Waals surface area contributed by atoms with Crippen LogP contribution in [0.25, 0.3) is 0 Å². The van der Waals surface area contributed by atoms with Crippen molar-refractivity contribution in [2.24, 2.45) is 0 Å². The first-order valence-corrected chi connectivity index (χ1v) is 7.37. The van der Waals surface area contributed by atoms with E-state index in [1.807, 2.05) is 6.55 Å². The summed E-state index contributed by atoms with van der Waals surface area (Å²) >= 11 is 0.611. The van der Waals surface area contributed by atoms with Crippen molar-refractivity contribution in [3.63, 3.8) is 0 Å². The zero-order chi connectivity index (χ0) is 5.41. The second kappa shape index (κ2) is 17.6. The van der Waals surface area contributed by atoms with Crippen LogP contribution >= 0.6 is 0 Å². The quantitative estimate of drug-likeness (QED) is 0.394. The van der Waals surface area contributed by atoms with E-state index in [1.165, 1.54) is 0 Å². The van der Waals surface area contributed by atoms with Crippen LogP contribution in [0.5, 0.6) is 0 Å². The van der Waals surface area contributed by atoms with E-state index in [4.69, 9.17) is 3.80 Å². The third kappa shape index (κ3) is 23.7. The molecule has 0 heterocycles. The number of hydrogen-bond donors (Lipinski definition) is 0. The van der Waals surface area contributed by atoms with Crippen LogP contribution in [-0.4, -0.2) is 34.2 Å². The molecule has 0 saturated carbocycles. The van der Waals surface area contributed by atoms with Gasteiger partial charge in [0.1, 0.15) is 0 Å². The first kappa shape index (κ1) is 9.76. The Morgan fingerprint density at radius 2 is 1.83 bits per heavy atom. The molecular weight excluding hydrogens is 127 g/mol. The second-order valence-electron chi connectivity index (χ2n) is 0.575. The van der Waals surface area contributed by atoms with Crippen molar-refractivity contribution < 1.29 is 8.27 Å². The molecule has 0 aliphatic rings. The SMILES string of the molecule is C[SiH2][SiH]=O.[O]=[AlH]. The molecule has 0 N–H and O–H groups in total. The third-order valence-electron chi connectivity index (χ3n) is 0.167. The normalized spacial score (nSPS) is 6.67. The van der Waals surface area contributed by atoms with Crippen LogP contribution in [0.2, 0.25) is 6.55 Å². The van der Waals surface area contributed by atoms with Gasteiger partial charge in [-0.1, -0.05) is 6.55 Å². The fourth-order valence-corrected chi connectivity index (χ4v) is 0. The van der Waals surface area contributed by atoms with E-state index in [9.17, 15) is 4.46 Å². The summed E-state index contributed by atoms with van der Waals surface area (Å²) in [6, 6.07) is 0. The predicted octanol–water partition coefficient (Wildman–Crippen LogP) is -1.87. The molecule has 0 aromatic carbocycles. The summed E-state index contributed by atoms with van der Waals surface area (Å²) < 4.78 is 17.7. The summed E-state index contributed by atoms with van der Waals surface area (Å²) in [5, 5.41) is 0. The molecule has 0 aromatic heterocycles. The summed E-state index contributed by atoms with van der Waals surface area (Å²) in [4.78, 5) is 0. The Hall–Kier alpha value is 0.566. The zero-order valence-corrected chi connectivity index (χ0v) is 7.79. The molecule has 2 nitrogen and oxygen atoms in total. The van der Waals surface area contributed by atoms with Crippen molar-refractivity contribution in [2.45, 2.75) is 6.55 Å². The van der Waals surface area contributed by atoms with Crippen LogP contribution in [0.15, 0.2) is 0 Å². The molecule has 0 radical (unpaired) electrons. The Labute approximate surface area is 49.4 Å². The summed E-state index contributed by atoms with van der Waals surface area (Å²) in [6.45, 7) is 2.04. The van der Waals surface area contributed by atoms with Crippen molar-refractivity contribution in [1.82, 2.24) is 0 Å². The third-order valence-corrected chi connectivity index (χ3v) is 1.50. The van der Waals surface area contributed by atoms with Gasteiger partial charge in [0, 0.05) is 0 Å². The van der Waals surface area contributed by atoms with Crippen molar-refractivity contribution in [3.05, 3.63) is 0 Å². The molecule has 0 aromatic rings. The molecule has 6 heavy (non-hydrogen) atoms. The number of rotatable bonds is 1. The van der Waals surface area contributed by atoms with Gasteiger partial charge in [0.25, 0.3) is 0 Å². The van der Waals surface area contributed by atoms with E-state index < -0.39 is 0 Å². The van der Waals surface area contributed by atoms with Crippen LogP contribution in [-0.2, 0) is 8.27 Å². The second-order valence-corrected chi connectivity index (χ2v) is 5.17. The summed E-state index contributed by atoms with van der Waals surface area (Å²) in [5.41, 5.74) is 0. The van der Waals surface area contributed by atoms with Gasteiger partial charge >= 0.3 is 20.0 Å². The van der Waals surface area contributed by atoms with Gasteiger partial charge in [0.05, 0.1) is 9.04 Å². The molecule has 0 spiro atoms. The molecule has 0 saturated heterocycles. The molecule has 34 valence electrons. The van der Waals surface area contributed by atoms with E-state index in [-0.39, 0.29) is 18.0 Å². The molecule has 0 rings (SSSR count). The van der Waals surface area contributed by atoms with E-state index in [1.54, 1.807) is 0 Å². The van der Waals surface area contributed by atoms with Crippen molar-refractivity contribution in [1.29, 1.82) is 0 Å². The van der Waals surface area contributed by atoms with Crippen LogP contribution in [0.3, 0.4) is 0 Å². The van der Waals surface area contributed by atoms with E-state index in [0.717, 1.165) is 0 Å².